The fraction of sp³-hybridized carbons (Fsp3) is 0.750. The molecular formula is C16H28N2O. The molecule has 0 amide bonds. The second-order valence-corrected chi connectivity index (χ2v) is 6.19. The lowest BCUT2D eigenvalue weighted by molar-refractivity contribution is 0.180. The molecule has 19 heavy (non-hydrogen) atoms. The molecule has 2 aliphatic rings. The third-order valence-corrected chi connectivity index (χ3v) is 4.60. The summed E-state index contributed by atoms with van der Waals surface area (Å²) in [7, 11) is 0. The van der Waals surface area contributed by atoms with Crippen molar-refractivity contribution in [2.24, 2.45) is 29.4 Å². The average Bonchev–Trinajstić information content (AvgIpc) is 3.08. The zero-order valence-electron chi connectivity index (χ0n) is 12.1. The molecule has 0 saturated heterocycles. The molecule has 108 valence electrons. The Morgan fingerprint density at radius 2 is 1.89 bits per heavy atom. The van der Waals surface area contributed by atoms with Crippen LogP contribution in [-0.2, 0) is 0 Å². The molecule has 1 fully saturated rings. The van der Waals surface area contributed by atoms with E-state index in [0.717, 1.165) is 30.7 Å². The van der Waals surface area contributed by atoms with Crippen molar-refractivity contribution in [1.29, 1.82) is 0 Å². The van der Waals surface area contributed by atoms with Gasteiger partial charge in [0.1, 0.15) is 0 Å². The van der Waals surface area contributed by atoms with Crippen LogP contribution < -0.4 is 11.1 Å². The molecule has 0 aromatic carbocycles. The number of nitrogens with one attached hydrogen (secondary N) is 1. The Kier molecular flexibility index (Phi) is 5.20. The van der Waals surface area contributed by atoms with Crippen LogP contribution in [0.4, 0.5) is 0 Å². The van der Waals surface area contributed by atoms with Gasteiger partial charge in [-0.05, 0) is 56.9 Å². The number of allylic oxidation sites excluding steroid dienone is 4. The van der Waals surface area contributed by atoms with E-state index in [2.05, 4.69) is 36.5 Å². The molecular weight excluding hydrogens is 236 g/mol. The van der Waals surface area contributed by atoms with Gasteiger partial charge in [-0.15, -0.1) is 0 Å². The molecule has 0 aromatic heterocycles. The van der Waals surface area contributed by atoms with Crippen LogP contribution in [0.15, 0.2) is 24.3 Å². The molecule has 6 atom stereocenters. The van der Waals surface area contributed by atoms with Crippen molar-refractivity contribution in [2.45, 2.75) is 38.8 Å². The van der Waals surface area contributed by atoms with Crippen molar-refractivity contribution >= 4 is 0 Å². The number of fused-ring (bicyclic) bond motifs is 1. The number of hydrogen-bond acceptors (Lipinski definition) is 3. The number of aliphatic hydroxyl groups excluding tert-OH is 1. The van der Waals surface area contributed by atoms with Gasteiger partial charge in [-0.3, -0.25) is 0 Å². The molecule has 4 N–H and O–H groups in total. The minimum absolute atomic E-state index is 0.293. The lowest BCUT2D eigenvalue weighted by Gasteiger charge is -2.24. The maximum atomic E-state index is 9.34. The smallest absolute Gasteiger partial charge is 0.0636 e. The van der Waals surface area contributed by atoms with Crippen molar-refractivity contribution in [1.82, 2.24) is 5.32 Å². The minimum Gasteiger partial charge on any atom is -0.392 e. The molecule has 3 unspecified atom stereocenters. The average molecular weight is 264 g/mol. The van der Waals surface area contributed by atoms with E-state index in [1.165, 1.54) is 6.42 Å². The first-order chi connectivity index (χ1) is 9.13. The summed E-state index contributed by atoms with van der Waals surface area (Å²) in [6, 6.07) is 0.373. The van der Waals surface area contributed by atoms with Crippen molar-refractivity contribution in [2.75, 3.05) is 13.1 Å². The molecule has 3 heteroatoms. The molecule has 0 bridgehead atoms. The van der Waals surface area contributed by atoms with Gasteiger partial charge in [0, 0.05) is 12.6 Å². The van der Waals surface area contributed by atoms with Crippen molar-refractivity contribution < 1.29 is 5.11 Å². The Morgan fingerprint density at radius 3 is 2.42 bits per heavy atom. The lowest BCUT2D eigenvalue weighted by atomic mass is 9.93. The van der Waals surface area contributed by atoms with E-state index in [-0.39, 0.29) is 6.10 Å². The van der Waals surface area contributed by atoms with Gasteiger partial charge in [0.25, 0.3) is 0 Å². The highest BCUT2D eigenvalue weighted by Crippen LogP contribution is 2.52. The molecule has 3 nitrogen and oxygen atoms in total. The van der Waals surface area contributed by atoms with Crippen LogP contribution in [-0.4, -0.2) is 30.3 Å². The summed E-state index contributed by atoms with van der Waals surface area (Å²) in [6.45, 7) is 5.36. The Balaban J connectivity index is 1.81. The first kappa shape index (κ1) is 14.8. The fourth-order valence-electron chi connectivity index (χ4n) is 3.21. The zero-order valence-corrected chi connectivity index (χ0v) is 12.1. The molecule has 0 radical (unpaired) electrons. The molecule has 0 aliphatic heterocycles. The van der Waals surface area contributed by atoms with Crippen molar-refractivity contribution in [3.8, 4) is 0 Å². The molecule has 2 rings (SSSR count). The first-order valence-electron chi connectivity index (χ1n) is 7.58. The summed E-state index contributed by atoms with van der Waals surface area (Å²) in [5.74, 6) is 2.77. The van der Waals surface area contributed by atoms with Gasteiger partial charge in [-0.1, -0.05) is 24.3 Å². The molecule has 0 aromatic rings. The maximum Gasteiger partial charge on any atom is 0.0636 e. The van der Waals surface area contributed by atoms with Gasteiger partial charge >= 0.3 is 0 Å². The maximum absolute atomic E-state index is 9.34. The van der Waals surface area contributed by atoms with Gasteiger partial charge in [-0.25, -0.2) is 0 Å². The van der Waals surface area contributed by atoms with E-state index < -0.39 is 0 Å². The van der Waals surface area contributed by atoms with Crippen LogP contribution in [0.1, 0.15) is 26.7 Å². The minimum atomic E-state index is -0.293. The summed E-state index contributed by atoms with van der Waals surface area (Å²) >= 11 is 0. The highest BCUT2D eigenvalue weighted by atomic mass is 16.3. The van der Waals surface area contributed by atoms with E-state index in [1.807, 2.05) is 6.92 Å². The number of rotatable bonds is 7. The standard InChI is InChI=1S/C16H28N2O/c1-11(19)10-18-12(2)13(9-17)8-16-14-6-4-3-5-7-15(14)16/h4-7,11-16,18-19H,3,8-10,17H2,1-2H3/t11-,12?,13-,14+,15?,16?/m0/s1. The van der Waals surface area contributed by atoms with Crippen LogP contribution in [0.3, 0.4) is 0 Å². The predicted octanol–water partition coefficient (Wildman–Crippen LogP) is 1.69. The summed E-state index contributed by atoms with van der Waals surface area (Å²) in [4.78, 5) is 0. The second-order valence-electron chi connectivity index (χ2n) is 6.19. The monoisotopic (exact) mass is 264 g/mol. The van der Waals surface area contributed by atoms with E-state index in [0.29, 0.717) is 18.5 Å². The lowest BCUT2D eigenvalue weighted by Crippen LogP contribution is -2.40. The van der Waals surface area contributed by atoms with Crippen LogP contribution in [0.2, 0.25) is 0 Å². The Hall–Kier alpha value is -0.640. The van der Waals surface area contributed by atoms with Crippen LogP contribution in [0.5, 0.6) is 0 Å². The Labute approximate surface area is 117 Å². The van der Waals surface area contributed by atoms with E-state index in [9.17, 15) is 5.11 Å². The Morgan fingerprint density at radius 1 is 1.26 bits per heavy atom. The van der Waals surface area contributed by atoms with Gasteiger partial charge < -0.3 is 16.2 Å². The van der Waals surface area contributed by atoms with Crippen molar-refractivity contribution in [3.63, 3.8) is 0 Å². The van der Waals surface area contributed by atoms with E-state index in [1.54, 1.807) is 0 Å². The normalized spacial score (nSPS) is 33.4. The highest BCUT2D eigenvalue weighted by Gasteiger charge is 2.47. The molecule has 0 heterocycles. The van der Waals surface area contributed by atoms with Crippen LogP contribution in [0, 0.1) is 23.7 Å². The molecule has 0 spiro atoms. The third-order valence-electron chi connectivity index (χ3n) is 4.60. The summed E-state index contributed by atoms with van der Waals surface area (Å²) in [5.41, 5.74) is 5.94. The topological polar surface area (TPSA) is 58.3 Å². The third kappa shape index (κ3) is 3.91. The summed E-state index contributed by atoms with van der Waals surface area (Å²) in [5, 5.41) is 12.7. The number of aliphatic hydroxyl groups is 1. The number of nitrogens with two attached hydrogens (primary N) is 1. The largest absolute Gasteiger partial charge is 0.392 e. The highest BCUT2D eigenvalue weighted by molar-refractivity contribution is 5.20. The van der Waals surface area contributed by atoms with Crippen LogP contribution >= 0.6 is 0 Å². The van der Waals surface area contributed by atoms with Crippen molar-refractivity contribution in [3.05, 3.63) is 24.3 Å². The second kappa shape index (κ2) is 6.69. The molecule has 2 aliphatic carbocycles. The Bertz CT molecular complexity index is 320. The number of hydrogen-bond donors (Lipinski definition) is 3. The predicted molar refractivity (Wildman–Crippen MR) is 79.7 cm³/mol. The fourth-order valence-corrected chi connectivity index (χ4v) is 3.21. The van der Waals surface area contributed by atoms with E-state index in [4.69, 9.17) is 5.73 Å². The van der Waals surface area contributed by atoms with Gasteiger partial charge in [0.2, 0.25) is 0 Å². The van der Waals surface area contributed by atoms with Gasteiger partial charge in [-0.2, -0.15) is 0 Å². The summed E-state index contributed by atoms with van der Waals surface area (Å²) < 4.78 is 0. The van der Waals surface area contributed by atoms with Crippen LogP contribution in [0.25, 0.3) is 0 Å². The first-order valence-corrected chi connectivity index (χ1v) is 7.58. The van der Waals surface area contributed by atoms with Gasteiger partial charge in [0.15, 0.2) is 0 Å². The van der Waals surface area contributed by atoms with Gasteiger partial charge in [0.05, 0.1) is 6.10 Å². The summed E-state index contributed by atoms with van der Waals surface area (Å²) in [6.07, 6.45) is 11.3. The SMILES string of the molecule is CC(NC[C@H](C)O)[C@H](CN)CC1C2C=CCC=C[C@H]21. The zero-order chi connectivity index (χ0) is 13.8. The quantitative estimate of drug-likeness (QED) is 0.613. The molecule has 1 saturated carbocycles. The van der Waals surface area contributed by atoms with E-state index >= 15 is 0 Å².